The average molecular weight is 202 g/mol. The Kier molecular flexibility index (Phi) is 3.92. The highest BCUT2D eigenvalue weighted by atomic mass is 35.5. The third-order valence-electron chi connectivity index (χ3n) is 1.44. The maximum Gasteiger partial charge on any atom is 0.151 e. The Morgan fingerprint density at radius 1 is 1.54 bits per heavy atom. The van der Waals surface area contributed by atoms with Crippen LogP contribution < -0.4 is 5.32 Å². The molecule has 0 aromatic carbocycles. The van der Waals surface area contributed by atoms with Gasteiger partial charge in [0.15, 0.2) is 5.15 Å². The molecule has 0 saturated heterocycles. The lowest BCUT2D eigenvalue weighted by atomic mass is 10.3. The van der Waals surface area contributed by atoms with Crippen molar-refractivity contribution < 1.29 is 4.74 Å². The van der Waals surface area contributed by atoms with Gasteiger partial charge < -0.3 is 10.1 Å². The molecule has 5 heteroatoms. The van der Waals surface area contributed by atoms with E-state index in [0.29, 0.717) is 17.6 Å². The van der Waals surface area contributed by atoms with E-state index in [0.717, 1.165) is 0 Å². The second-order valence-corrected chi connectivity index (χ2v) is 3.13. The van der Waals surface area contributed by atoms with E-state index in [1.165, 1.54) is 0 Å². The molecule has 13 heavy (non-hydrogen) atoms. The van der Waals surface area contributed by atoms with Gasteiger partial charge in [-0.3, -0.25) is 0 Å². The Balaban J connectivity index is 2.49. The van der Waals surface area contributed by atoms with E-state index in [4.69, 9.17) is 16.3 Å². The third-order valence-corrected chi connectivity index (χ3v) is 1.64. The van der Waals surface area contributed by atoms with Crippen LogP contribution in [0.15, 0.2) is 12.1 Å². The first-order valence-electron chi connectivity index (χ1n) is 3.97. The molecule has 72 valence electrons. The van der Waals surface area contributed by atoms with Crippen LogP contribution >= 0.6 is 11.6 Å². The quantitative estimate of drug-likeness (QED) is 0.804. The topological polar surface area (TPSA) is 47.0 Å². The zero-order valence-corrected chi connectivity index (χ0v) is 8.38. The number of methoxy groups -OCH3 is 1. The molecule has 0 bridgehead atoms. The molecular formula is C8H12ClN3O. The van der Waals surface area contributed by atoms with Crippen molar-refractivity contribution in [2.45, 2.75) is 13.0 Å². The van der Waals surface area contributed by atoms with E-state index >= 15 is 0 Å². The predicted molar refractivity (Wildman–Crippen MR) is 52.0 cm³/mol. The lowest BCUT2D eigenvalue weighted by Crippen LogP contribution is -2.21. The minimum Gasteiger partial charge on any atom is -0.383 e. The molecule has 1 aromatic heterocycles. The highest BCUT2D eigenvalue weighted by Gasteiger charge is 2.01. The van der Waals surface area contributed by atoms with Gasteiger partial charge in [0.2, 0.25) is 0 Å². The fraction of sp³-hybridized carbons (Fsp3) is 0.500. The molecule has 1 atom stereocenters. The summed E-state index contributed by atoms with van der Waals surface area (Å²) in [6.07, 6.45) is 0. The monoisotopic (exact) mass is 201 g/mol. The van der Waals surface area contributed by atoms with Gasteiger partial charge in [-0.1, -0.05) is 11.6 Å². The molecule has 0 aliphatic rings. The smallest absolute Gasteiger partial charge is 0.151 e. The molecule has 0 amide bonds. The molecule has 0 unspecified atom stereocenters. The number of nitrogens with one attached hydrogen (secondary N) is 1. The van der Waals surface area contributed by atoms with E-state index in [2.05, 4.69) is 15.5 Å². The van der Waals surface area contributed by atoms with Crippen LogP contribution in [0.25, 0.3) is 0 Å². The number of ether oxygens (including phenoxy) is 1. The maximum absolute atomic E-state index is 5.58. The lowest BCUT2D eigenvalue weighted by molar-refractivity contribution is 0.190. The Morgan fingerprint density at radius 3 is 2.85 bits per heavy atom. The number of hydrogen-bond acceptors (Lipinski definition) is 4. The molecule has 0 aliphatic heterocycles. The van der Waals surface area contributed by atoms with Gasteiger partial charge >= 0.3 is 0 Å². The van der Waals surface area contributed by atoms with Gasteiger partial charge in [0.05, 0.1) is 6.61 Å². The predicted octanol–water partition coefficient (Wildman–Crippen LogP) is 1.58. The molecule has 1 N–H and O–H groups in total. The van der Waals surface area contributed by atoms with Gasteiger partial charge in [-0.15, -0.1) is 10.2 Å². The first kappa shape index (κ1) is 10.2. The van der Waals surface area contributed by atoms with Crippen molar-refractivity contribution in [3.63, 3.8) is 0 Å². The van der Waals surface area contributed by atoms with Crippen molar-refractivity contribution in [1.82, 2.24) is 10.2 Å². The Bertz CT molecular complexity index is 252. The van der Waals surface area contributed by atoms with E-state index in [1.54, 1.807) is 19.2 Å². The number of rotatable bonds is 4. The van der Waals surface area contributed by atoms with Gasteiger partial charge in [0.25, 0.3) is 0 Å². The van der Waals surface area contributed by atoms with Gasteiger partial charge in [0.1, 0.15) is 5.82 Å². The maximum atomic E-state index is 5.58. The summed E-state index contributed by atoms with van der Waals surface area (Å²) in [5.41, 5.74) is 0. The van der Waals surface area contributed by atoms with Crippen LogP contribution in [0.2, 0.25) is 5.15 Å². The largest absolute Gasteiger partial charge is 0.383 e. The summed E-state index contributed by atoms with van der Waals surface area (Å²) in [7, 11) is 1.66. The molecule has 0 saturated carbocycles. The molecular weight excluding hydrogens is 190 g/mol. The molecule has 0 spiro atoms. The number of hydrogen-bond donors (Lipinski definition) is 1. The van der Waals surface area contributed by atoms with Crippen molar-refractivity contribution in [2.75, 3.05) is 19.0 Å². The standard InChI is InChI=1S/C8H12ClN3O/c1-6(5-13-2)10-8-4-3-7(9)11-12-8/h3-4,6H,5H2,1-2H3,(H,10,12)/t6-/m0/s1. The third kappa shape index (κ3) is 3.57. The summed E-state index contributed by atoms with van der Waals surface area (Å²) in [5.74, 6) is 0.703. The highest BCUT2D eigenvalue weighted by Crippen LogP contribution is 2.06. The molecule has 4 nitrogen and oxygen atoms in total. The van der Waals surface area contributed by atoms with Crippen LogP contribution in [-0.4, -0.2) is 30.0 Å². The summed E-state index contributed by atoms with van der Waals surface area (Å²) >= 11 is 5.58. The minimum atomic E-state index is 0.209. The summed E-state index contributed by atoms with van der Waals surface area (Å²) < 4.78 is 4.96. The minimum absolute atomic E-state index is 0.209. The summed E-state index contributed by atoms with van der Waals surface area (Å²) in [5, 5.41) is 11.1. The molecule has 0 fully saturated rings. The van der Waals surface area contributed by atoms with Gasteiger partial charge in [-0.2, -0.15) is 0 Å². The second-order valence-electron chi connectivity index (χ2n) is 2.74. The van der Waals surface area contributed by atoms with E-state index < -0.39 is 0 Å². The molecule has 1 aromatic rings. The zero-order chi connectivity index (χ0) is 9.68. The fourth-order valence-corrected chi connectivity index (χ4v) is 1.04. The van der Waals surface area contributed by atoms with Crippen LogP contribution in [0, 0.1) is 0 Å². The average Bonchev–Trinajstić information content (AvgIpc) is 2.09. The first-order valence-corrected chi connectivity index (χ1v) is 4.35. The van der Waals surface area contributed by atoms with Crippen LogP contribution in [-0.2, 0) is 4.74 Å². The Morgan fingerprint density at radius 2 is 2.31 bits per heavy atom. The molecule has 0 aliphatic carbocycles. The van der Waals surface area contributed by atoms with Crippen molar-refractivity contribution >= 4 is 17.4 Å². The number of aromatic nitrogens is 2. The van der Waals surface area contributed by atoms with Gasteiger partial charge in [-0.25, -0.2) is 0 Å². The van der Waals surface area contributed by atoms with Crippen molar-refractivity contribution in [3.05, 3.63) is 17.3 Å². The second kappa shape index (κ2) is 4.99. The van der Waals surface area contributed by atoms with Crippen molar-refractivity contribution in [2.24, 2.45) is 0 Å². The normalized spacial score (nSPS) is 12.5. The summed E-state index contributed by atoms with van der Waals surface area (Å²) in [4.78, 5) is 0. The highest BCUT2D eigenvalue weighted by molar-refractivity contribution is 6.29. The molecule has 0 radical (unpaired) electrons. The number of anilines is 1. The van der Waals surface area contributed by atoms with E-state index in [9.17, 15) is 0 Å². The van der Waals surface area contributed by atoms with Gasteiger partial charge in [0, 0.05) is 13.2 Å². The number of halogens is 1. The number of nitrogens with zero attached hydrogens (tertiary/aromatic N) is 2. The van der Waals surface area contributed by atoms with E-state index in [-0.39, 0.29) is 6.04 Å². The zero-order valence-electron chi connectivity index (χ0n) is 7.62. The Hall–Kier alpha value is -0.870. The molecule has 1 rings (SSSR count). The molecule has 1 heterocycles. The van der Waals surface area contributed by atoms with Crippen LogP contribution in [0.4, 0.5) is 5.82 Å². The van der Waals surface area contributed by atoms with Crippen LogP contribution in [0.5, 0.6) is 0 Å². The fourth-order valence-electron chi connectivity index (χ4n) is 0.937. The van der Waals surface area contributed by atoms with Crippen molar-refractivity contribution in [3.8, 4) is 0 Å². The summed E-state index contributed by atoms with van der Waals surface area (Å²) in [6.45, 7) is 2.63. The Labute approximate surface area is 82.3 Å². The van der Waals surface area contributed by atoms with Crippen LogP contribution in [0.3, 0.4) is 0 Å². The lowest BCUT2D eigenvalue weighted by Gasteiger charge is -2.12. The van der Waals surface area contributed by atoms with Crippen LogP contribution in [0.1, 0.15) is 6.92 Å². The SMILES string of the molecule is COC[C@H](C)Nc1ccc(Cl)nn1. The van der Waals surface area contributed by atoms with E-state index in [1.807, 2.05) is 6.92 Å². The first-order chi connectivity index (χ1) is 6.22. The van der Waals surface area contributed by atoms with Crippen molar-refractivity contribution in [1.29, 1.82) is 0 Å². The van der Waals surface area contributed by atoms with Gasteiger partial charge in [-0.05, 0) is 19.1 Å². The summed E-state index contributed by atoms with van der Waals surface area (Å²) in [6, 6.07) is 3.68.